The summed E-state index contributed by atoms with van der Waals surface area (Å²) in [5.41, 5.74) is 0. The first-order valence-corrected chi connectivity index (χ1v) is 7.26. The van der Waals surface area contributed by atoms with Crippen molar-refractivity contribution < 1.29 is 9.90 Å². The van der Waals surface area contributed by atoms with Gasteiger partial charge < -0.3 is 14.9 Å². The number of hydrogen-bond acceptors (Lipinski definition) is 5. The lowest BCUT2D eigenvalue weighted by Gasteiger charge is -2.34. The van der Waals surface area contributed by atoms with E-state index in [9.17, 15) is 9.90 Å². The number of β-amino-alcohol motifs (C(OH)–C–C–N with tert-alkyl or cyclic N) is 1. The molecule has 3 heterocycles. The molecule has 108 valence electrons. The largest absolute Gasteiger partial charge is 0.391 e. The average molecular weight is 276 g/mol. The van der Waals surface area contributed by atoms with Crippen molar-refractivity contribution in [3.8, 4) is 0 Å². The van der Waals surface area contributed by atoms with Crippen molar-refractivity contribution in [3.05, 3.63) is 18.5 Å². The number of aliphatic hydroxyl groups is 1. The van der Waals surface area contributed by atoms with Crippen LogP contribution in [0.1, 0.15) is 25.7 Å². The van der Waals surface area contributed by atoms with E-state index in [1.807, 2.05) is 4.90 Å². The minimum atomic E-state index is -0.379. The van der Waals surface area contributed by atoms with Crippen LogP contribution in [0.5, 0.6) is 0 Å². The molecule has 0 saturated carbocycles. The van der Waals surface area contributed by atoms with Crippen molar-refractivity contribution in [2.45, 2.75) is 37.8 Å². The predicted molar refractivity (Wildman–Crippen MR) is 74.2 cm³/mol. The van der Waals surface area contributed by atoms with Gasteiger partial charge in [-0.05, 0) is 31.7 Å². The van der Waals surface area contributed by atoms with Crippen molar-refractivity contribution in [1.29, 1.82) is 0 Å². The molecule has 2 unspecified atom stereocenters. The number of piperidine rings is 1. The third-order valence-electron chi connectivity index (χ3n) is 4.06. The van der Waals surface area contributed by atoms with Crippen LogP contribution < -0.4 is 4.90 Å². The number of amides is 1. The molecular weight excluding hydrogens is 256 g/mol. The molecule has 3 rings (SSSR count). The molecule has 0 radical (unpaired) electrons. The number of likely N-dealkylation sites (tertiary alicyclic amines) is 1. The maximum Gasteiger partial charge on any atom is 0.245 e. The molecule has 2 fully saturated rings. The number of aromatic nitrogens is 2. The SMILES string of the molecule is O=C(C1CCCN1c1ncccn1)N1CCCC(O)C1. The quantitative estimate of drug-likeness (QED) is 0.848. The Morgan fingerprint density at radius 3 is 2.70 bits per heavy atom. The van der Waals surface area contributed by atoms with Crippen molar-refractivity contribution in [2.24, 2.45) is 0 Å². The zero-order chi connectivity index (χ0) is 13.9. The summed E-state index contributed by atoms with van der Waals surface area (Å²) in [5.74, 6) is 0.731. The van der Waals surface area contributed by atoms with Crippen molar-refractivity contribution in [2.75, 3.05) is 24.5 Å². The first kappa shape index (κ1) is 13.3. The van der Waals surface area contributed by atoms with Gasteiger partial charge in [-0.1, -0.05) is 0 Å². The number of carbonyl (C=O) groups excluding carboxylic acids is 1. The topological polar surface area (TPSA) is 69.6 Å². The van der Waals surface area contributed by atoms with Crippen LogP contribution in [0.3, 0.4) is 0 Å². The van der Waals surface area contributed by atoms with Crippen molar-refractivity contribution in [3.63, 3.8) is 0 Å². The number of carbonyl (C=O) groups is 1. The van der Waals surface area contributed by atoms with E-state index in [1.165, 1.54) is 0 Å². The lowest BCUT2D eigenvalue weighted by Crippen LogP contribution is -2.50. The normalized spacial score (nSPS) is 26.9. The predicted octanol–water partition coefficient (Wildman–Crippen LogP) is 0.429. The zero-order valence-corrected chi connectivity index (χ0v) is 11.5. The highest BCUT2D eigenvalue weighted by atomic mass is 16.3. The fraction of sp³-hybridized carbons (Fsp3) is 0.643. The Kier molecular flexibility index (Phi) is 3.82. The number of nitrogens with zero attached hydrogens (tertiary/aromatic N) is 4. The molecule has 1 N–H and O–H groups in total. The summed E-state index contributed by atoms with van der Waals surface area (Å²) in [6, 6.07) is 1.60. The molecule has 0 spiro atoms. The Hall–Kier alpha value is -1.69. The Bertz CT molecular complexity index is 468. The minimum Gasteiger partial charge on any atom is -0.391 e. The Morgan fingerprint density at radius 1 is 1.20 bits per heavy atom. The molecule has 1 amide bonds. The molecule has 2 atom stereocenters. The minimum absolute atomic E-state index is 0.105. The van der Waals surface area contributed by atoms with Gasteiger partial charge in [-0.25, -0.2) is 9.97 Å². The number of rotatable bonds is 2. The molecule has 2 aliphatic rings. The van der Waals surface area contributed by atoms with E-state index in [0.29, 0.717) is 12.5 Å². The third kappa shape index (κ3) is 2.60. The Labute approximate surface area is 118 Å². The van der Waals surface area contributed by atoms with Crippen molar-refractivity contribution in [1.82, 2.24) is 14.9 Å². The van der Waals surface area contributed by atoms with Gasteiger partial charge in [-0.3, -0.25) is 4.79 Å². The first-order chi connectivity index (χ1) is 9.75. The lowest BCUT2D eigenvalue weighted by molar-refractivity contribution is -0.135. The van der Waals surface area contributed by atoms with Crippen LogP contribution in [0, 0.1) is 0 Å². The van der Waals surface area contributed by atoms with Gasteiger partial charge in [0.2, 0.25) is 11.9 Å². The zero-order valence-electron chi connectivity index (χ0n) is 11.5. The van der Waals surface area contributed by atoms with E-state index in [-0.39, 0.29) is 18.1 Å². The van der Waals surface area contributed by atoms with Gasteiger partial charge in [-0.2, -0.15) is 0 Å². The molecule has 0 aromatic carbocycles. The highest BCUT2D eigenvalue weighted by Crippen LogP contribution is 2.24. The van der Waals surface area contributed by atoms with Gasteiger partial charge in [0.15, 0.2) is 0 Å². The summed E-state index contributed by atoms with van der Waals surface area (Å²) >= 11 is 0. The van der Waals surface area contributed by atoms with E-state index in [4.69, 9.17) is 0 Å². The molecule has 20 heavy (non-hydrogen) atoms. The Morgan fingerprint density at radius 2 is 1.95 bits per heavy atom. The summed E-state index contributed by atoms with van der Waals surface area (Å²) < 4.78 is 0. The maximum absolute atomic E-state index is 12.6. The van der Waals surface area contributed by atoms with E-state index < -0.39 is 0 Å². The van der Waals surface area contributed by atoms with Crippen LogP contribution in [-0.4, -0.2) is 57.7 Å². The second-order valence-electron chi connectivity index (χ2n) is 5.48. The molecule has 6 nitrogen and oxygen atoms in total. The summed E-state index contributed by atoms with van der Waals surface area (Å²) in [7, 11) is 0. The first-order valence-electron chi connectivity index (χ1n) is 7.26. The second-order valence-corrected chi connectivity index (χ2v) is 5.48. The monoisotopic (exact) mass is 276 g/mol. The highest BCUT2D eigenvalue weighted by Gasteiger charge is 2.36. The fourth-order valence-electron chi connectivity index (χ4n) is 3.07. The molecular formula is C14H20N4O2. The number of hydrogen-bond donors (Lipinski definition) is 1. The summed E-state index contributed by atoms with van der Waals surface area (Å²) in [4.78, 5) is 24.9. The summed E-state index contributed by atoms with van der Waals surface area (Å²) in [6.45, 7) is 2.02. The lowest BCUT2D eigenvalue weighted by atomic mass is 10.1. The van der Waals surface area contributed by atoms with Gasteiger partial charge in [0.25, 0.3) is 0 Å². The van der Waals surface area contributed by atoms with Gasteiger partial charge >= 0.3 is 0 Å². The second kappa shape index (κ2) is 5.75. The maximum atomic E-state index is 12.6. The van der Waals surface area contributed by atoms with E-state index >= 15 is 0 Å². The van der Waals surface area contributed by atoms with Gasteiger partial charge in [-0.15, -0.1) is 0 Å². The van der Waals surface area contributed by atoms with Crippen LogP contribution in [0.25, 0.3) is 0 Å². The van der Waals surface area contributed by atoms with E-state index in [2.05, 4.69) is 9.97 Å². The molecule has 1 aromatic rings. The summed E-state index contributed by atoms with van der Waals surface area (Å²) in [6.07, 6.45) is 6.51. The molecule has 0 bridgehead atoms. The van der Waals surface area contributed by atoms with Crippen LogP contribution in [-0.2, 0) is 4.79 Å². The van der Waals surface area contributed by atoms with Gasteiger partial charge in [0.1, 0.15) is 6.04 Å². The van der Waals surface area contributed by atoms with Crippen LogP contribution in [0.15, 0.2) is 18.5 Å². The smallest absolute Gasteiger partial charge is 0.245 e. The Balaban J connectivity index is 1.73. The number of anilines is 1. The molecule has 6 heteroatoms. The van der Waals surface area contributed by atoms with Crippen molar-refractivity contribution >= 4 is 11.9 Å². The van der Waals surface area contributed by atoms with Crippen LogP contribution >= 0.6 is 0 Å². The van der Waals surface area contributed by atoms with Gasteiger partial charge in [0.05, 0.1) is 6.10 Å². The standard InChI is InChI=1S/C14H20N4O2/c19-11-4-1-8-17(10-11)13(20)12-5-2-9-18(12)14-15-6-3-7-16-14/h3,6-7,11-12,19H,1-2,4-5,8-10H2. The summed E-state index contributed by atoms with van der Waals surface area (Å²) in [5, 5.41) is 9.72. The fourth-order valence-corrected chi connectivity index (χ4v) is 3.07. The van der Waals surface area contributed by atoms with Crippen LogP contribution in [0.4, 0.5) is 5.95 Å². The molecule has 1 aromatic heterocycles. The third-order valence-corrected chi connectivity index (χ3v) is 4.06. The van der Waals surface area contributed by atoms with Crippen LogP contribution in [0.2, 0.25) is 0 Å². The molecule has 2 saturated heterocycles. The molecule has 0 aliphatic carbocycles. The van der Waals surface area contributed by atoms with Gasteiger partial charge in [0, 0.05) is 32.0 Å². The number of aliphatic hydroxyl groups excluding tert-OH is 1. The van der Waals surface area contributed by atoms with E-state index in [0.717, 1.165) is 38.8 Å². The van der Waals surface area contributed by atoms with E-state index in [1.54, 1.807) is 23.4 Å². The highest BCUT2D eigenvalue weighted by molar-refractivity contribution is 5.85. The average Bonchev–Trinajstić information content (AvgIpc) is 2.97. The molecule has 2 aliphatic heterocycles.